The maximum absolute atomic E-state index is 9.64. The molecule has 1 heterocycles. The van der Waals surface area contributed by atoms with Gasteiger partial charge in [0.2, 0.25) is 0 Å². The summed E-state index contributed by atoms with van der Waals surface area (Å²) in [7, 11) is 3.24. The summed E-state index contributed by atoms with van der Waals surface area (Å²) in [6.45, 7) is 3.87. The van der Waals surface area contributed by atoms with E-state index < -0.39 is 0 Å². The number of methoxy groups -OCH3 is 2. The summed E-state index contributed by atoms with van der Waals surface area (Å²) in [5.41, 5.74) is 1.26. The molecule has 1 fully saturated rings. The van der Waals surface area contributed by atoms with Gasteiger partial charge >= 0.3 is 0 Å². The van der Waals surface area contributed by atoms with Crippen molar-refractivity contribution in [1.29, 1.82) is 0 Å². The highest BCUT2D eigenvalue weighted by molar-refractivity contribution is 5.44. The van der Waals surface area contributed by atoms with E-state index in [0.29, 0.717) is 11.5 Å². The van der Waals surface area contributed by atoms with E-state index in [9.17, 15) is 5.11 Å². The molecule has 1 atom stereocenters. The van der Waals surface area contributed by atoms with Crippen molar-refractivity contribution in [2.75, 3.05) is 34.0 Å². The number of hydrogen-bond donors (Lipinski definition) is 1. The van der Waals surface area contributed by atoms with Gasteiger partial charge in [0, 0.05) is 17.9 Å². The van der Waals surface area contributed by atoms with Gasteiger partial charge in [-0.3, -0.25) is 0 Å². The van der Waals surface area contributed by atoms with Crippen LogP contribution in [0.2, 0.25) is 0 Å². The van der Waals surface area contributed by atoms with Crippen molar-refractivity contribution in [2.24, 2.45) is 5.41 Å². The number of aliphatic hydroxyl groups excluding tert-OH is 1. The van der Waals surface area contributed by atoms with E-state index in [-0.39, 0.29) is 17.9 Å². The molecule has 0 bridgehead atoms. The van der Waals surface area contributed by atoms with Crippen LogP contribution >= 0.6 is 0 Å². The van der Waals surface area contributed by atoms with Gasteiger partial charge in [-0.05, 0) is 24.1 Å². The molecule has 1 aromatic rings. The molecule has 1 aromatic carbocycles. The third-order valence-corrected chi connectivity index (χ3v) is 3.74. The van der Waals surface area contributed by atoms with Gasteiger partial charge in [0.05, 0.1) is 27.4 Å². The van der Waals surface area contributed by atoms with Gasteiger partial charge in [0.1, 0.15) is 0 Å². The fraction of sp³-hybridized carbons (Fsp3) is 0.600. The summed E-state index contributed by atoms with van der Waals surface area (Å²) in [5, 5.41) is 9.64. The van der Waals surface area contributed by atoms with Crippen molar-refractivity contribution >= 4 is 0 Å². The van der Waals surface area contributed by atoms with Crippen molar-refractivity contribution in [3.63, 3.8) is 0 Å². The Kier molecular flexibility index (Phi) is 4.32. The average Bonchev–Trinajstić information content (AvgIpc) is 2.42. The first kappa shape index (κ1) is 14.2. The Bertz CT molecular complexity index is 426. The molecule has 106 valence electrons. The summed E-state index contributed by atoms with van der Waals surface area (Å²) in [6, 6.07) is 5.82. The third kappa shape index (κ3) is 3.01. The monoisotopic (exact) mass is 266 g/mol. The van der Waals surface area contributed by atoms with E-state index in [2.05, 4.69) is 6.92 Å². The van der Waals surface area contributed by atoms with Crippen molar-refractivity contribution in [2.45, 2.75) is 19.3 Å². The molecule has 1 saturated heterocycles. The number of hydrogen-bond acceptors (Lipinski definition) is 4. The van der Waals surface area contributed by atoms with Gasteiger partial charge in [-0.2, -0.15) is 0 Å². The summed E-state index contributed by atoms with van der Waals surface area (Å²) >= 11 is 0. The van der Waals surface area contributed by atoms with Crippen molar-refractivity contribution < 1.29 is 19.3 Å². The Labute approximate surface area is 114 Å². The summed E-state index contributed by atoms with van der Waals surface area (Å²) in [6.07, 6.45) is 0.916. The first-order chi connectivity index (χ1) is 9.11. The zero-order valence-electron chi connectivity index (χ0n) is 11.8. The molecule has 0 amide bonds. The van der Waals surface area contributed by atoms with Crippen LogP contribution < -0.4 is 9.47 Å². The van der Waals surface area contributed by atoms with E-state index in [0.717, 1.165) is 25.2 Å². The first-order valence-electron chi connectivity index (χ1n) is 6.52. The second-order valence-corrected chi connectivity index (χ2v) is 5.50. The molecule has 0 aliphatic carbocycles. The second kappa shape index (κ2) is 5.80. The minimum absolute atomic E-state index is 0.105. The minimum Gasteiger partial charge on any atom is -0.493 e. The Morgan fingerprint density at radius 1 is 1.26 bits per heavy atom. The molecule has 0 aromatic heterocycles. The third-order valence-electron chi connectivity index (χ3n) is 3.74. The lowest BCUT2D eigenvalue weighted by Crippen LogP contribution is -2.41. The van der Waals surface area contributed by atoms with E-state index in [4.69, 9.17) is 14.2 Å². The predicted molar refractivity (Wildman–Crippen MR) is 72.9 cm³/mol. The lowest BCUT2D eigenvalue weighted by atomic mass is 9.77. The fourth-order valence-electron chi connectivity index (χ4n) is 2.56. The number of rotatable bonds is 6. The highest BCUT2D eigenvalue weighted by Gasteiger charge is 2.36. The van der Waals surface area contributed by atoms with Crippen molar-refractivity contribution in [3.8, 4) is 11.5 Å². The molecule has 1 aliphatic rings. The van der Waals surface area contributed by atoms with Crippen LogP contribution in [0.1, 0.15) is 24.8 Å². The largest absolute Gasteiger partial charge is 0.493 e. The predicted octanol–water partition coefficient (Wildman–Crippen LogP) is 2.21. The lowest BCUT2D eigenvalue weighted by molar-refractivity contribution is -0.110. The molecule has 4 nitrogen and oxygen atoms in total. The van der Waals surface area contributed by atoms with Crippen LogP contribution in [0.25, 0.3) is 0 Å². The van der Waals surface area contributed by atoms with Crippen molar-refractivity contribution in [3.05, 3.63) is 23.8 Å². The fourth-order valence-corrected chi connectivity index (χ4v) is 2.56. The van der Waals surface area contributed by atoms with Crippen LogP contribution in [0.4, 0.5) is 0 Å². The highest BCUT2D eigenvalue weighted by Crippen LogP contribution is 2.39. The molecule has 0 spiro atoms. The van der Waals surface area contributed by atoms with E-state index in [1.54, 1.807) is 14.2 Å². The molecule has 1 N–H and O–H groups in total. The highest BCUT2D eigenvalue weighted by atomic mass is 16.5. The standard InChI is InChI=1S/C15H22O4/c1-15(9-19-10-15)7-12(8-16)11-4-5-13(17-2)14(6-11)18-3/h4-6,12,16H,7-10H2,1-3H3. The maximum atomic E-state index is 9.64. The molecule has 4 heteroatoms. The first-order valence-corrected chi connectivity index (χ1v) is 6.52. The molecule has 2 rings (SSSR count). The van der Waals surface area contributed by atoms with E-state index in [1.165, 1.54) is 0 Å². The summed E-state index contributed by atoms with van der Waals surface area (Å²) < 4.78 is 15.8. The van der Waals surface area contributed by atoms with Gasteiger partial charge in [-0.1, -0.05) is 13.0 Å². The molecule has 1 aliphatic heterocycles. The molecule has 19 heavy (non-hydrogen) atoms. The minimum atomic E-state index is 0.105. The quantitative estimate of drug-likeness (QED) is 0.857. The van der Waals surface area contributed by atoms with Crippen LogP contribution in [0, 0.1) is 5.41 Å². The lowest BCUT2D eigenvalue weighted by Gasteiger charge is -2.40. The van der Waals surface area contributed by atoms with E-state index >= 15 is 0 Å². The smallest absolute Gasteiger partial charge is 0.160 e. The molecule has 0 radical (unpaired) electrons. The SMILES string of the molecule is COc1ccc(C(CO)CC2(C)COC2)cc1OC. The Hall–Kier alpha value is -1.26. The summed E-state index contributed by atoms with van der Waals surface area (Å²) in [4.78, 5) is 0. The Morgan fingerprint density at radius 2 is 1.95 bits per heavy atom. The van der Waals surface area contributed by atoms with Gasteiger partial charge in [0.15, 0.2) is 11.5 Å². The number of ether oxygens (including phenoxy) is 3. The van der Waals surface area contributed by atoms with Crippen molar-refractivity contribution in [1.82, 2.24) is 0 Å². The summed E-state index contributed by atoms with van der Waals surface area (Å²) in [5.74, 6) is 1.52. The van der Waals surface area contributed by atoms with Crippen LogP contribution in [0.15, 0.2) is 18.2 Å². The van der Waals surface area contributed by atoms with Crippen LogP contribution in [0.3, 0.4) is 0 Å². The molecular formula is C15H22O4. The van der Waals surface area contributed by atoms with Gasteiger partial charge < -0.3 is 19.3 Å². The Morgan fingerprint density at radius 3 is 2.42 bits per heavy atom. The topological polar surface area (TPSA) is 47.9 Å². The van der Waals surface area contributed by atoms with Gasteiger partial charge in [0.25, 0.3) is 0 Å². The van der Waals surface area contributed by atoms with Gasteiger partial charge in [-0.15, -0.1) is 0 Å². The maximum Gasteiger partial charge on any atom is 0.160 e. The average molecular weight is 266 g/mol. The van der Waals surface area contributed by atoms with Crippen LogP contribution in [0.5, 0.6) is 11.5 Å². The Balaban J connectivity index is 2.18. The zero-order chi connectivity index (χ0) is 13.9. The normalized spacial score (nSPS) is 18.5. The molecular weight excluding hydrogens is 244 g/mol. The number of aliphatic hydroxyl groups is 1. The van der Waals surface area contributed by atoms with E-state index in [1.807, 2.05) is 18.2 Å². The molecule has 0 saturated carbocycles. The van der Waals surface area contributed by atoms with Crippen LogP contribution in [-0.2, 0) is 4.74 Å². The van der Waals surface area contributed by atoms with Gasteiger partial charge in [-0.25, -0.2) is 0 Å². The number of benzene rings is 1. The zero-order valence-corrected chi connectivity index (χ0v) is 11.8. The molecule has 1 unspecified atom stereocenters. The second-order valence-electron chi connectivity index (χ2n) is 5.50. The van der Waals surface area contributed by atoms with Crippen LogP contribution in [-0.4, -0.2) is 39.1 Å².